The molecule has 94 valence electrons. The van der Waals surface area contributed by atoms with Crippen LogP contribution in [-0.4, -0.2) is 61.7 Å². The molecule has 0 aliphatic carbocycles. The molecule has 0 bridgehead atoms. The maximum atomic E-state index is 11.9. The van der Waals surface area contributed by atoms with Gasteiger partial charge in [0.05, 0.1) is 12.6 Å². The number of nitrogens with zero attached hydrogens (tertiary/aromatic N) is 1. The van der Waals surface area contributed by atoms with Crippen LogP contribution in [0.5, 0.6) is 0 Å². The largest absolute Gasteiger partial charge is 0.383 e. The van der Waals surface area contributed by atoms with E-state index in [0.29, 0.717) is 19.1 Å². The summed E-state index contributed by atoms with van der Waals surface area (Å²) in [6, 6.07) is 0.484. The molecule has 1 fully saturated rings. The molecular weight excluding hydrogens is 224 g/mol. The van der Waals surface area contributed by atoms with Crippen LogP contribution in [0.3, 0.4) is 0 Å². The molecule has 1 heterocycles. The van der Waals surface area contributed by atoms with Crippen molar-refractivity contribution in [3.05, 3.63) is 0 Å². The number of nitrogens with one attached hydrogen (secondary N) is 1. The highest BCUT2D eigenvalue weighted by Gasteiger charge is 2.21. The molecule has 16 heavy (non-hydrogen) atoms. The van der Waals surface area contributed by atoms with Gasteiger partial charge in [-0.1, -0.05) is 0 Å². The van der Waals surface area contributed by atoms with E-state index in [1.807, 2.05) is 25.7 Å². The Bertz CT molecular complexity index is 220. The van der Waals surface area contributed by atoms with Crippen molar-refractivity contribution in [2.75, 3.05) is 38.8 Å². The van der Waals surface area contributed by atoms with Crippen LogP contribution in [0.25, 0.3) is 0 Å². The summed E-state index contributed by atoms with van der Waals surface area (Å²) in [4.78, 5) is 13.7. The van der Waals surface area contributed by atoms with Crippen molar-refractivity contribution in [3.8, 4) is 0 Å². The molecule has 0 radical (unpaired) electrons. The van der Waals surface area contributed by atoms with Crippen LogP contribution in [0.4, 0.5) is 0 Å². The van der Waals surface area contributed by atoms with Gasteiger partial charge >= 0.3 is 0 Å². The maximum absolute atomic E-state index is 11.9. The predicted molar refractivity (Wildman–Crippen MR) is 67.8 cm³/mol. The first kappa shape index (κ1) is 13.8. The predicted octanol–water partition coefficient (Wildman–Crippen LogP) is 0.575. The minimum absolute atomic E-state index is 0.147. The number of amides is 1. The van der Waals surface area contributed by atoms with Gasteiger partial charge in [-0.15, -0.1) is 0 Å². The Morgan fingerprint density at radius 2 is 2.44 bits per heavy atom. The van der Waals surface area contributed by atoms with Gasteiger partial charge in [-0.05, 0) is 6.92 Å². The Labute approximate surface area is 102 Å². The minimum atomic E-state index is 0.147. The van der Waals surface area contributed by atoms with Crippen LogP contribution in [0, 0.1) is 0 Å². The molecule has 0 aromatic rings. The van der Waals surface area contributed by atoms with Gasteiger partial charge in [0, 0.05) is 44.7 Å². The van der Waals surface area contributed by atoms with Gasteiger partial charge in [-0.2, -0.15) is 11.8 Å². The standard InChI is InChI=1S/C11H22N2O2S/c1-9(7-15-3)13(2)11(14)6-10-8-16-5-4-12-10/h9-10,12H,4-8H2,1-3H3. The van der Waals surface area contributed by atoms with E-state index in [4.69, 9.17) is 4.74 Å². The lowest BCUT2D eigenvalue weighted by Crippen LogP contribution is -2.44. The summed E-state index contributed by atoms with van der Waals surface area (Å²) < 4.78 is 5.05. The zero-order chi connectivity index (χ0) is 12.0. The summed E-state index contributed by atoms with van der Waals surface area (Å²) in [5.74, 6) is 2.39. The molecule has 2 atom stereocenters. The number of ether oxygens (including phenoxy) is 1. The SMILES string of the molecule is COCC(C)N(C)C(=O)CC1CSCCN1. The van der Waals surface area contributed by atoms with E-state index in [1.54, 1.807) is 12.0 Å². The van der Waals surface area contributed by atoms with E-state index in [0.717, 1.165) is 18.1 Å². The highest BCUT2D eigenvalue weighted by atomic mass is 32.2. The number of thioether (sulfide) groups is 1. The van der Waals surface area contributed by atoms with Crippen molar-refractivity contribution >= 4 is 17.7 Å². The molecule has 2 unspecified atom stereocenters. The second-order valence-corrected chi connectivity index (χ2v) is 5.39. The second kappa shape index (κ2) is 7.14. The Hall–Kier alpha value is -0.260. The first-order valence-corrected chi connectivity index (χ1v) is 6.86. The van der Waals surface area contributed by atoms with Crippen molar-refractivity contribution in [2.24, 2.45) is 0 Å². The molecule has 0 aromatic heterocycles. The van der Waals surface area contributed by atoms with Gasteiger partial charge in [0.2, 0.25) is 5.91 Å². The molecule has 0 saturated carbocycles. The van der Waals surface area contributed by atoms with Gasteiger partial charge < -0.3 is 15.0 Å². The molecule has 1 N–H and O–H groups in total. The van der Waals surface area contributed by atoms with Gasteiger partial charge in [0.25, 0.3) is 0 Å². The smallest absolute Gasteiger partial charge is 0.224 e. The number of likely N-dealkylation sites (N-methyl/N-ethyl adjacent to an activating group) is 1. The Morgan fingerprint density at radius 1 is 1.69 bits per heavy atom. The van der Waals surface area contributed by atoms with Crippen LogP contribution in [0.1, 0.15) is 13.3 Å². The van der Waals surface area contributed by atoms with Gasteiger partial charge in [0.1, 0.15) is 0 Å². The third-order valence-electron chi connectivity index (χ3n) is 2.88. The molecule has 1 amide bonds. The fourth-order valence-corrected chi connectivity index (χ4v) is 2.65. The van der Waals surface area contributed by atoms with Crippen molar-refractivity contribution in [1.82, 2.24) is 10.2 Å². The number of carbonyl (C=O) groups excluding carboxylic acids is 1. The number of hydrogen-bond acceptors (Lipinski definition) is 4. The van der Waals surface area contributed by atoms with Crippen LogP contribution < -0.4 is 5.32 Å². The van der Waals surface area contributed by atoms with E-state index < -0.39 is 0 Å². The normalized spacial score (nSPS) is 22.8. The Balaban J connectivity index is 2.32. The lowest BCUT2D eigenvalue weighted by molar-refractivity contribution is -0.133. The molecule has 4 nitrogen and oxygen atoms in total. The average molecular weight is 246 g/mol. The molecule has 1 rings (SSSR count). The van der Waals surface area contributed by atoms with Crippen LogP contribution in [0.2, 0.25) is 0 Å². The van der Waals surface area contributed by atoms with E-state index in [9.17, 15) is 4.79 Å². The fraction of sp³-hybridized carbons (Fsp3) is 0.909. The third-order valence-corrected chi connectivity index (χ3v) is 4.01. The number of rotatable bonds is 5. The number of methoxy groups -OCH3 is 1. The summed E-state index contributed by atoms with van der Waals surface area (Å²) in [6.45, 7) is 3.61. The van der Waals surface area contributed by atoms with Crippen molar-refractivity contribution in [2.45, 2.75) is 25.4 Å². The quantitative estimate of drug-likeness (QED) is 0.770. The van der Waals surface area contributed by atoms with Crippen LogP contribution >= 0.6 is 11.8 Å². The monoisotopic (exact) mass is 246 g/mol. The number of hydrogen-bond donors (Lipinski definition) is 1. The molecule has 1 saturated heterocycles. The van der Waals surface area contributed by atoms with Gasteiger partial charge in [-0.3, -0.25) is 4.79 Å². The molecule has 1 aliphatic heterocycles. The topological polar surface area (TPSA) is 41.6 Å². The molecule has 0 aromatic carbocycles. The summed E-state index contributed by atoms with van der Waals surface area (Å²) in [6.07, 6.45) is 0.595. The lowest BCUT2D eigenvalue weighted by atomic mass is 10.2. The van der Waals surface area contributed by atoms with Crippen molar-refractivity contribution in [3.63, 3.8) is 0 Å². The Kier molecular flexibility index (Phi) is 6.16. The van der Waals surface area contributed by atoms with Crippen molar-refractivity contribution < 1.29 is 9.53 Å². The van der Waals surface area contributed by atoms with Gasteiger partial charge in [0.15, 0.2) is 0 Å². The minimum Gasteiger partial charge on any atom is -0.383 e. The first-order chi connectivity index (χ1) is 7.65. The molecule has 5 heteroatoms. The highest BCUT2D eigenvalue weighted by molar-refractivity contribution is 7.99. The van der Waals surface area contributed by atoms with Gasteiger partial charge in [-0.25, -0.2) is 0 Å². The Morgan fingerprint density at radius 3 is 3.00 bits per heavy atom. The van der Waals surface area contributed by atoms with E-state index >= 15 is 0 Å². The lowest BCUT2D eigenvalue weighted by Gasteiger charge is -2.28. The maximum Gasteiger partial charge on any atom is 0.224 e. The molecule has 0 spiro atoms. The summed E-state index contributed by atoms with van der Waals surface area (Å²) in [7, 11) is 3.51. The van der Waals surface area contributed by atoms with Crippen LogP contribution in [-0.2, 0) is 9.53 Å². The molecule has 1 aliphatic rings. The van der Waals surface area contributed by atoms with E-state index in [2.05, 4.69) is 5.32 Å². The third kappa shape index (κ3) is 4.31. The van der Waals surface area contributed by atoms with E-state index in [1.165, 1.54) is 0 Å². The van der Waals surface area contributed by atoms with Crippen molar-refractivity contribution in [1.29, 1.82) is 0 Å². The van der Waals surface area contributed by atoms with E-state index in [-0.39, 0.29) is 11.9 Å². The zero-order valence-electron chi connectivity index (χ0n) is 10.4. The molecular formula is C11H22N2O2S. The number of carbonyl (C=O) groups is 1. The van der Waals surface area contributed by atoms with Crippen LogP contribution in [0.15, 0.2) is 0 Å². The first-order valence-electron chi connectivity index (χ1n) is 5.71. The fourth-order valence-electron chi connectivity index (χ4n) is 1.70. The summed E-state index contributed by atoms with van der Waals surface area (Å²) >= 11 is 1.92. The summed E-state index contributed by atoms with van der Waals surface area (Å²) in [5, 5.41) is 3.38. The summed E-state index contributed by atoms with van der Waals surface area (Å²) in [5.41, 5.74) is 0. The zero-order valence-corrected chi connectivity index (χ0v) is 11.2. The average Bonchev–Trinajstić information content (AvgIpc) is 2.29. The highest BCUT2D eigenvalue weighted by Crippen LogP contribution is 2.12. The second-order valence-electron chi connectivity index (χ2n) is 4.24.